The van der Waals surface area contributed by atoms with E-state index in [0.717, 1.165) is 28.5 Å². The number of carbonyl (C=O) groups excluding carboxylic acids is 2. The molecule has 3 aromatic rings. The van der Waals surface area contributed by atoms with Crippen LogP contribution in [0.4, 0.5) is 0 Å². The van der Waals surface area contributed by atoms with Crippen molar-refractivity contribution in [1.82, 2.24) is 10.3 Å². The van der Waals surface area contributed by atoms with Crippen LogP contribution in [0.15, 0.2) is 65.1 Å². The van der Waals surface area contributed by atoms with E-state index in [0.29, 0.717) is 5.76 Å². The third kappa shape index (κ3) is 7.75. The Labute approximate surface area is 264 Å². The van der Waals surface area contributed by atoms with Gasteiger partial charge in [-0.3, -0.25) is 4.79 Å². The number of esters is 1. The molecule has 0 aliphatic carbocycles. The van der Waals surface area contributed by atoms with Crippen molar-refractivity contribution in [2.24, 2.45) is 5.73 Å². The Kier molecular flexibility index (Phi) is 12.3. The standard InChI is InChI=1S/C33H49N3O6Si2/c1-9-43(10-2,11-3)40-22-27(34)31-36-29(24(4)42-31)30(37)35-28(32(38)39-8)23-41-44(33(5,6)7,25-18-14-12-15-19-25)26-20-16-13-17-21-26/h12-21,27-28H,9-11,22-23,34H2,1-8H3,(H,35,37)/t27-,28-/m0/s1. The number of amides is 1. The number of methoxy groups -OCH3 is 1. The first kappa shape index (κ1) is 35.4. The van der Waals surface area contributed by atoms with Gasteiger partial charge in [-0.25, -0.2) is 9.78 Å². The first-order valence-corrected chi connectivity index (χ1v) is 19.8. The Hall–Kier alpha value is -3.10. The number of benzene rings is 2. The highest BCUT2D eigenvalue weighted by molar-refractivity contribution is 6.99. The second-order valence-electron chi connectivity index (χ2n) is 12.1. The minimum Gasteiger partial charge on any atom is -0.467 e. The van der Waals surface area contributed by atoms with Crippen LogP contribution in [0.25, 0.3) is 0 Å². The van der Waals surface area contributed by atoms with E-state index in [-0.39, 0.29) is 29.8 Å². The molecule has 0 fully saturated rings. The lowest BCUT2D eigenvalue weighted by Crippen LogP contribution is -2.67. The molecule has 0 aliphatic heterocycles. The summed E-state index contributed by atoms with van der Waals surface area (Å²) >= 11 is 0. The molecule has 2 aromatic carbocycles. The molecule has 0 spiro atoms. The third-order valence-corrected chi connectivity index (χ3v) is 18.2. The van der Waals surface area contributed by atoms with Crippen molar-refractivity contribution in [3.8, 4) is 0 Å². The largest absolute Gasteiger partial charge is 0.467 e. The second-order valence-corrected chi connectivity index (χ2v) is 21.2. The summed E-state index contributed by atoms with van der Waals surface area (Å²) in [6.45, 7) is 14.7. The Bertz CT molecular complexity index is 1310. The van der Waals surface area contributed by atoms with Gasteiger partial charge >= 0.3 is 5.97 Å². The van der Waals surface area contributed by atoms with Gasteiger partial charge in [0.15, 0.2) is 14.0 Å². The summed E-state index contributed by atoms with van der Waals surface area (Å²) in [6, 6.07) is 21.4. The first-order valence-electron chi connectivity index (χ1n) is 15.4. The average molecular weight is 640 g/mol. The smallest absolute Gasteiger partial charge is 0.330 e. The van der Waals surface area contributed by atoms with Crippen molar-refractivity contribution in [3.05, 3.63) is 78.0 Å². The van der Waals surface area contributed by atoms with Crippen LogP contribution in [0.1, 0.15) is 69.7 Å². The van der Waals surface area contributed by atoms with Crippen LogP contribution in [0.3, 0.4) is 0 Å². The lowest BCUT2D eigenvalue weighted by molar-refractivity contribution is -0.143. The molecule has 1 aromatic heterocycles. The van der Waals surface area contributed by atoms with Crippen LogP contribution in [-0.4, -0.2) is 59.9 Å². The number of aryl methyl sites for hydroxylation is 1. The molecule has 9 nitrogen and oxygen atoms in total. The van der Waals surface area contributed by atoms with Gasteiger partial charge in [-0.15, -0.1) is 0 Å². The van der Waals surface area contributed by atoms with Crippen LogP contribution >= 0.6 is 0 Å². The van der Waals surface area contributed by atoms with E-state index < -0.39 is 40.6 Å². The number of rotatable bonds is 15. The Morgan fingerprint density at radius 3 is 1.89 bits per heavy atom. The van der Waals surface area contributed by atoms with E-state index in [1.54, 1.807) is 6.92 Å². The molecular weight excluding hydrogens is 591 g/mol. The Balaban J connectivity index is 1.87. The highest BCUT2D eigenvalue weighted by Crippen LogP contribution is 2.37. The van der Waals surface area contributed by atoms with Crippen molar-refractivity contribution in [3.63, 3.8) is 0 Å². The molecule has 2 atom stereocenters. The monoisotopic (exact) mass is 639 g/mol. The fourth-order valence-corrected chi connectivity index (χ4v) is 12.9. The fraction of sp³-hybridized carbons (Fsp3) is 0.485. The summed E-state index contributed by atoms with van der Waals surface area (Å²) in [5.41, 5.74) is 6.44. The van der Waals surface area contributed by atoms with Crippen LogP contribution in [0, 0.1) is 6.92 Å². The zero-order chi connectivity index (χ0) is 32.5. The van der Waals surface area contributed by atoms with Crippen molar-refractivity contribution in [2.45, 2.75) is 83.7 Å². The molecule has 240 valence electrons. The van der Waals surface area contributed by atoms with Gasteiger partial charge in [-0.1, -0.05) is 102 Å². The van der Waals surface area contributed by atoms with Crippen LogP contribution in [0.5, 0.6) is 0 Å². The van der Waals surface area contributed by atoms with Gasteiger partial charge in [0.1, 0.15) is 17.8 Å². The molecule has 0 saturated heterocycles. The third-order valence-electron chi connectivity index (χ3n) is 8.52. The van der Waals surface area contributed by atoms with Gasteiger partial charge in [-0.05, 0) is 40.5 Å². The van der Waals surface area contributed by atoms with Crippen LogP contribution in [-0.2, 0) is 18.4 Å². The van der Waals surface area contributed by atoms with Gasteiger partial charge in [0.05, 0.1) is 20.3 Å². The zero-order valence-corrected chi connectivity index (χ0v) is 29.4. The molecule has 0 aliphatic rings. The molecule has 3 rings (SSSR count). The highest BCUT2D eigenvalue weighted by Gasteiger charge is 2.50. The normalized spacial score (nSPS) is 13.8. The van der Waals surface area contributed by atoms with Crippen molar-refractivity contribution in [1.29, 1.82) is 0 Å². The molecule has 3 N–H and O–H groups in total. The van der Waals surface area contributed by atoms with Gasteiger partial charge in [0.2, 0.25) is 5.89 Å². The lowest BCUT2D eigenvalue weighted by Gasteiger charge is -2.43. The van der Waals surface area contributed by atoms with Gasteiger partial charge < -0.3 is 29.1 Å². The predicted octanol–water partition coefficient (Wildman–Crippen LogP) is 4.85. The molecule has 1 amide bonds. The topological polar surface area (TPSA) is 126 Å². The average Bonchev–Trinajstić information content (AvgIpc) is 3.43. The van der Waals surface area contributed by atoms with E-state index in [1.165, 1.54) is 7.11 Å². The summed E-state index contributed by atoms with van der Waals surface area (Å²) in [5.74, 6) is -0.680. The highest BCUT2D eigenvalue weighted by atomic mass is 28.4. The minimum absolute atomic E-state index is 0.0554. The van der Waals surface area contributed by atoms with E-state index in [9.17, 15) is 9.59 Å². The SMILES string of the molecule is CC[Si](CC)(CC)OC[C@H](N)c1nc(C(=O)N[C@@H](CO[Si](c2ccccc2)(c2ccccc2)C(C)(C)C)C(=O)OC)c(C)o1. The second kappa shape index (κ2) is 15.3. The van der Waals surface area contributed by atoms with E-state index in [1.807, 2.05) is 36.4 Å². The molecule has 0 saturated carbocycles. The number of hydrogen-bond donors (Lipinski definition) is 2. The summed E-state index contributed by atoms with van der Waals surface area (Å²) < 4.78 is 24.1. The van der Waals surface area contributed by atoms with Crippen LogP contribution < -0.4 is 21.4 Å². The molecule has 0 unspecified atom stereocenters. The van der Waals surface area contributed by atoms with Crippen molar-refractivity contribution >= 4 is 38.9 Å². The van der Waals surface area contributed by atoms with Crippen molar-refractivity contribution < 1.29 is 27.6 Å². The number of ether oxygens (including phenoxy) is 1. The zero-order valence-electron chi connectivity index (χ0n) is 27.4. The molecule has 11 heteroatoms. The summed E-state index contributed by atoms with van der Waals surface area (Å²) in [6.07, 6.45) is 0. The number of aromatic nitrogens is 1. The first-order chi connectivity index (χ1) is 20.9. The Morgan fingerprint density at radius 1 is 0.909 bits per heavy atom. The summed E-state index contributed by atoms with van der Waals surface area (Å²) in [5, 5.41) is 4.59. The number of hydrogen-bond acceptors (Lipinski definition) is 8. The molecule has 1 heterocycles. The van der Waals surface area contributed by atoms with E-state index in [4.69, 9.17) is 23.7 Å². The predicted molar refractivity (Wildman–Crippen MR) is 178 cm³/mol. The van der Waals surface area contributed by atoms with Gasteiger partial charge in [0, 0.05) is 0 Å². The maximum absolute atomic E-state index is 13.5. The number of nitrogens with one attached hydrogen (secondary N) is 1. The van der Waals surface area contributed by atoms with Gasteiger partial charge in [-0.2, -0.15) is 0 Å². The van der Waals surface area contributed by atoms with E-state index in [2.05, 4.69) is 76.1 Å². The number of nitrogens with zero attached hydrogens (tertiary/aromatic N) is 1. The van der Waals surface area contributed by atoms with Crippen LogP contribution in [0.2, 0.25) is 23.2 Å². The quantitative estimate of drug-likeness (QED) is 0.179. The van der Waals surface area contributed by atoms with Gasteiger partial charge in [0.25, 0.3) is 14.2 Å². The molecular formula is C33H49N3O6Si2. The molecule has 0 radical (unpaired) electrons. The lowest BCUT2D eigenvalue weighted by atomic mass is 10.2. The van der Waals surface area contributed by atoms with Crippen molar-refractivity contribution in [2.75, 3.05) is 20.3 Å². The fourth-order valence-electron chi connectivity index (χ4n) is 5.69. The summed E-state index contributed by atoms with van der Waals surface area (Å²) in [7, 11) is -3.55. The number of carbonyl (C=O) groups is 2. The Morgan fingerprint density at radius 2 is 1.43 bits per heavy atom. The van der Waals surface area contributed by atoms with E-state index >= 15 is 0 Å². The number of nitrogens with two attached hydrogens (primary N) is 1. The maximum Gasteiger partial charge on any atom is 0.330 e. The molecule has 44 heavy (non-hydrogen) atoms. The number of oxazole rings is 1. The molecule has 0 bridgehead atoms. The minimum atomic E-state index is -2.98. The summed E-state index contributed by atoms with van der Waals surface area (Å²) in [4.78, 5) is 30.9. The maximum atomic E-state index is 13.5.